The van der Waals surface area contributed by atoms with Crippen LogP contribution in [0.2, 0.25) is 0 Å². The molecule has 1 N–H and O–H groups in total. The Labute approximate surface area is 160 Å². The summed E-state index contributed by atoms with van der Waals surface area (Å²) in [7, 11) is 2.70. The van der Waals surface area contributed by atoms with Crippen molar-refractivity contribution in [2.24, 2.45) is 17.8 Å². The van der Waals surface area contributed by atoms with Gasteiger partial charge in [0.25, 0.3) is 0 Å². The molecule has 27 heavy (non-hydrogen) atoms. The van der Waals surface area contributed by atoms with Crippen molar-refractivity contribution in [3.05, 3.63) is 17.2 Å². The Balaban J connectivity index is 2.43. The fourth-order valence-corrected chi connectivity index (χ4v) is 3.94. The van der Waals surface area contributed by atoms with E-state index < -0.39 is 11.8 Å². The standard InChI is InChI=1S/C21H30O6/c1-11(2)14-8-7-12(3)9-16(14)27-21(24)15-10-17(25-5)19(23)20(26-6)18(15)13(4)22/h10-12,14,16,23H,7-9H2,1-6H3. The molecule has 0 bridgehead atoms. The van der Waals surface area contributed by atoms with Gasteiger partial charge in [0.1, 0.15) is 6.10 Å². The number of hydrogen-bond donors (Lipinski definition) is 1. The maximum atomic E-state index is 13.0. The highest BCUT2D eigenvalue weighted by Crippen LogP contribution is 2.42. The number of methoxy groups -OCH3 is 2. The predicted molar refractivity (Wildman–Crippen MR) is 102 cm³/mol. The second-order valence-electron chi connectivity index (χ2n) is 7.71. The normalized spacial score (nSPS) is 22.4. The van der Waals surface area contributed by atoms with E-state index in [-0.39, 0.29) is 40.4 Å². The number of benzene rings is 1. The zero-order valence-electron chi connectivity index (χ0n) is 17.0. The first kappa shape index (κ1) is 21.1. The van der Waals surface area contributed by atoms with E-state index in [4.69, 9.17) is 14.2 Å². The maximum Gasteiger partial charge on any atom is 0.339 e. The number of hydrogen-bond acceptors (Lipinski definition) is 6. The lowest BCUT2D eigenvalue weighted by atomic mass is 9.75. The number of rotatable bonds is 6. The minimum Gasteiger partial charge on any atom is -0.502 e. The molecule has 0 radical (unpaired) electrons. The molecule has 0 spiro atoms. The highest BCUT2D eigenvalue weighted by Gasteiger charge is 2.35. The highest BCUT2D eigenvalue weighted by molar-refractivity contribution is 6.08. The minimum absolute atomic E-state index is 0.00533. The van der Waals surface area contributed by atoms with Gasteiger partial charge in [-0.2, -0.15) is 0 Å². The van der Waals surface area contributed by atoms with Crippen LogP contribution in [0.3, 0.4) is 0 Å². The summed E-state index contributed by atoms with van der Waals surface area (Å²) in [5, 5.41) is 10.2. The Morgan fingerprint density at radius 2 is 1.85 bits per heavy atom. The lowest BCUT2D eigenvalue weighted by Crippen LogP contribution is -2.36. The van der Waals surface area contributed by atoms with Gasteiger partial charge < -0.3 is 19.3 Å². The molecule has 0 amide bonds. The highest BCUT2D eigenvalue weighted by atomic mass is 16.5. The van der Waals surface area contributed by atoms with Crippen molar-refractivity contribution in [3.63, 3.8) is 0 Å². The third kappa shape index (κ3) is 4.37. The molecule has 1 aliphatic rings. The first-order valence-corrected chi connectivity index (χ1v) is 9.41. The van der Waals surface area contributed by atoms with Crippen LogP contribution in [0.1, 0.15) is 67.7 Å². The molecular formula is C21H30O6. The number of phenols is 1. The van der Waals surface area contributed by atoms with Gasteiger partial charge in [-0.15, -0.1) is 0 Å². The monoisotopic (exact) mass is 378 g/mol. The van der Waals surface area contributed by atoms with E-state index in [0.29, 0.717) is 11.8 Å². The van der Waals surface area contributed by atoms with E-state index in [1.165, 1.54) is 27.2 Å². The van der Waals surface area contributed by atoms with E-state index in [0.717, 1.165) is 19.3 Å². The molecule has 2 rings (SSSR count). The van der Waals surface area contributed by atoms with Gasteiger partial charge in [-0.3, -0.25) is 4.79 Å². The van der Waals surface area contributed by atoms with Gasteiger partial charge in [-0.05, 0) is 43.6 Å². The maximum absolute atomic E-state index is 13.0. The quantitative estimate of drug-likeness (QED) is 0.589. The van der Waals surface area contributed by atoms with Crippen molar-refractivity contribution in [1.29, 1.82) is 0 Å². The van der Waals surface area contributed by atoms with Crippen LogP contribution in [-0.4, -0.2) is 37.2 Å². The zero-order valence-corrected chi connectivity index (χ0v) is 17.0. The third-order valence-electron chi connectivity index (χ3n) is 5.44. The van der Waals surface area contributed by atoms with Crippen LogP contribution in [0, 0.1) is 17.8 Å². The summed E-state index contributed by atoms with van der Waals surface area (Å²) >= 11 is 0. The Kier molecular flexibility index (Phi) is 6.73. The molecule has 1 fully saturated rings. The first-order valence-electron chi connectivity index (χ1n) is 9.41. The van der Waals surface area contributed by atoms with Crippen molar-refractivity contribution in [1.82, 2.24) is 0 Å². The summed E-state index contributed by atoms with van der Waals surface area (Å²) in [4.78, 5) is 25.2. The van der Waals surface area contributed by atoms with Crippen molar-refractivity contribution in [2.45, 2.75) is 53.1 Å². The molecule has 1 saturated carbocycles. The number of aromatic hydroxyl groups is 1. The van der Waals surface area contributed by atoms with E-state index in [9.17, 15) is 14.7 Å². The van der Waals surface area contributed by atoms with Crippen molar-refractivity contribution in [2.75, 3.05) is 14.2 Å². The molecule has 6 nitrogen and oxygen atoms in total. The summed E-state index contributed by atoms with van der Waals surface area (Å²) in [6.07, 6.45) is 2.73. The topological polar surface area (TPSA) is 82.1 Å². The molecule has 6 heteroatoms. The van der Waals surface area contributed by atoms with Crippen LogP contribution < -0.4 is 9.47 Å². The Morgan fingerprint density at radius 1 is 1.19 bits per heavy atom. The second-order valence-corrected chi connectivity index (χ2v) is 7.71. The van der Waals surface area contributed by atoms with E-state index >= 15 is 0 Å². The third-order valence-corrected chi connectivity index (χ3v) is 5.44. The van der Waals surface area contributed by atoms with Gasteiger partial charge in [-0.25, -0.2) is 4.79 Å². The average Bonchev–Trinajstić information content (AvgIpc) is 2.60. The van der Waals surface area contributed by atoms with Crippen LogP contribution in [0.5, 0.6) is 17.2 Å². The molecule has 1 aliphatic carbocycles. The number of ketones is 1. The molecular weight excluding hydrogens is 348 g/mol. The van der Waals surface area contributed by atoms with E-state index in [1.54, 1.807) is 0 Å². The summed E-state index contributed by atoms with van der Waals surface area (Å²) in [6.45, 7) is 7.75. The average molecular weight is 378 g/mol. The Bertz CT molecular complexity index is 709. The lowest BCUT2D eigenvalue weighted by Gasteiger charge is -2.36. The fourth-order valence-electron chi connectivity index (χ4n) is 3.94. The van der Waals surface area contributed by atoms with Gasteiger partial charge in [0.15, 0.2) is 17.3 Å². The molecule has 0 aliphatic heterocycles. The summed E-state index contributed by atoms with van der Waals surface area (Å²) in [6, 6.07) is 1.34. The SMILES string of the molecule is COc1cc(C(=O)OC2CC(C)CCC2C(C)C)c(C(C)=O)c(OC)c1O. The smallest absolute Gasteiger partial charge is 0.339 e. The molecule has 1 aromatic carbocycles. The zero-order chi connectivity index (χ0) is 20.3. The molecule has 150 valence electrons. The molecule has 0 saturated heterocycles. The number of Topliss-reactive ketones (excluding diaryl/α,β-unsaturated/α-hetero) is 1. The first-order chi connectivity index (χ1) is 12.7. The predicted octanol–water partition coefficient (Wildman–Crippen LogP) is 4.23. The fraction of sp³-hybridized carbons (Fsp3) is 0.619. The van der Waals surface area contributed by atoms with Gasteiger partial charge >= 0.3 is 5.97 Å². The van der Waals surface area contributed by atoms with Gasteiger partial charge in [0, 0.05) is 0 Å². The van der Waals surface area contributed by atoms with Crippen LogP contribution in [0.25, 0.3) is 0 Å². The van der Waals surface area contributed by atoms with Crippen LogP contribution in [0.4, 0.5) is 0 Å². The van der Waals surface area contributed by atoms with E-state index in [1.807, 2.05) is 0 Å². The number of carbonyl (C=O) groups excluding carboxylic acids is 2. The van der Waals surface area contributed by atoms with Gasteiger partial charge in [-0.1, -0.05) is 27.2 Å². The second kappa shape index (κ2) is 8.63. The largest absolute Gasteiger partial charge is 0.502 e. The number of phenolic OH excluding ortho intramolecular Hbond substituents is 1. The Morgan fingerprint density at radius 3 is 2.37 bits per heavy atom. The molecule has 1 aromatic rings. The van der Waals surface area contributed by atoms with Crippen molar-refractivity contribution < 1.29 is 28.9 Å². The van der Waals surface area contributed by atoms with Crippen molar-refractivity contribution >= 4 is 11.8 Å². The number of esters is 1. The summed E-state index contributed by atoms with van der Waals surface area (Å²) in [5.74, 6) is -0.163. The van der Waals surface area contributed by atoms with Gasteiger partial charge in [0.2, 0.25) is 5.75 Å². The number of carbonyl (C=O) groups is 2. The molecule has 0 heterocycles. The molecule has 3 atom stereocenters. The van der Waals surface area contributed by atoms with Gasteiger partial charge in [0.05, 0.1) is 25.3 Å². The minimum atomic E-state index is -0.596. The summed E-state index contributed by atoms with van der Waals surface area (Å²) < 4.78 is 16.2. The van der Waals surface area contributed by atoms with Crippen LogP contribution >= 0.6 is 0 Å². The molecule has 0 aromatic heterocycles. The summed E-state index contributed by atoms with van der Waals surface area (Å²) in [5.41, 5.74) is 0.0560. The van der Waals surface area contributed by atoms with Crippen LogP contribution in [0.15, 0.2) is 6.07 Å². The Hall–Kier alpha value is -2.24. The number of ether oxygens (including phenoxy) is 3. The van der Waals surface area contributed by atoms with Crippen molar-refractivity contribution in [3.8, 4) is 17.2 Å². The molecule has 3 unspecified atom stereocenters. The van der Waals surface area contributed by atoms with Crippen LogP contribution in [-0.2, 0) is 4.74 Å². The van der Waals surface area contributed by atoms with E-state index in [2.05, 4.69) is 20.8 Å². The lowest BCUT2D eigenvalue weighted by molar-refractivity contribution is -0.0175.